The number of halogens is 3. The maximum atomic E-state index is 12.8. The molecule has 0 unspecified atom stereocenters. The Bertz CT molecular complexity index is 1170. The summed E-state index contributed by atoms with van der Waals surface area (Å²) in [5.74, 6) is 1.23. The van der Waals surface area contributed by atoms with Crippen molar-refractivity contribution in [3.05, 3.63) is 71.4 Å². The minimum atomic E-state index is -4.38. The monoisotopic (exact) mass is 430 g/mol. The summed E-state index contributed by atoms with van der Waals surface area (Å²) in [6.45, 7) is 0. The number of hydrogen-bond acceptors (Lipinski definition) is 6. The number of benzene rings is 2. The molecule has 0 atom stereocenters. The van der Waals surface area contributed by atoms with Crippen LogP contribution in [0.1, 0.15) is 16.8 Å². The largest absolute Gasteiger partial charge is 0.497 e. The molecule has 9 heteroatoms. The van der Waals surface area contributed by atoms with E-state index in [2.05, 4.69) is 14.7 Å². The van der Waals surface area contributed by atoms with Crippen molar-refractivity contribution < 1.29 is 17.9 Å². The number of nitrogens with one attached hydrogen (secondary N) is 1. The first-order chi connectivity index (χ1) is 14.3. The van der Waals surface area contributed by atoms with E-state index in [4.69, 9.17) is 10.5 Å². The number of methoxy groups -OCH3 is 1. The summed E-state index contributed by atoms with van der Waals surface area (Å²) in [6, 6.07) is 14.2. The molecule has 0 spiro atoms. The first-order valence-corrected chi connectivity index (χ1v) is 9.73. The van der Waals surface area contributed by atoms with Gasteiger partial charge in [0.05, 0.1) is 23.1 Å². The highest BCUT2D eigenvalue weighted by molar-refractivity contribution is 7.14. The average Bonchev–Trinajstić information content (AvgIpc) is 3.11. The number of rotatable bonds is 5. The number of nitrogen functional groups attached to an aromatic ring is 1. The number of alkyl halides is 3. The molecule has 0 bridgehead atoms. The fraction of sp³-hybridized carbons (Fsp3) is 0.143. The van der Waals surface area contributed by atoms with Gasteiger partial charge in [-0.25, -0.2) is 4.98 Å². The van der Waals surface area contributed by atoms with Crippen molar-refractivity contribution >= 4 is 38.9 Å². The molecular formula is C21H17F3N4OS. The summed E-state index contributed by atoms with van der Waals surface area (Å²) in [4.78, 5) is 4.68. The summed E-state index contributed by atoms with van der Waals surface area (Å²) in [6.07, 6.45) is -3.81. The Morgan fingerprint density at radius 1 is 1.07 bits per heavy atom. The van der Waals surface area contributed by atoms with Gasteiger partial charge < -0.3 is 15.8 Å². The van der Waals surface area contributed by atoms with E-state index in [1.807, 2.05) is 30.3 Å². The molecule has 154 valence electrons. The van der Waals surface area contributed by atoms with Crippen LogP contribution in [0.2, 0.25) is 0 Å². The molecule has 30 heavy (non-hydrogen) atoms. The maximum Gasteiger partial charge on any atom is 0.416 e. The van der Waals surface area contributed by atoms with Crippen LogP contribution in [0, 0.1) is 0 Å². The van der Waals surface area contributed by atoms with Crippen LogP contribution >= 0.6 is 11.5 Å². The average molecular weight is 430 g/mol. The molecule has 0 aliphatic heterocycles. The molecule has 0 amide bonds. The zero-order chi connectivity index (χ0) is 21.3. The van der Waals surface area contributed by atoms with Crippen LogP contribution in [0.5, 0.6) is 5.75 Å². The number of hydrogen-bond donors (Lipinski definition) is 2. The summed E-state index contributed by atoms with van der Waals surface area (Å²) in [5, 5.41) is 3.04. The van der Waals surface area contributed by atoms with Crippen molar-refractivity contribution in [1.29, 1.82) is 0 Å². The smallest absolute Gasteiger partial charge is 0.416 e. The number of pyridine rings is 1. The van der Waals surface area contributed by atoms with Crippen LogP contribution in [0.25, 0.3) is 10.2 Å². The Morgan fingerprint density at radius 3 is 2.40 bits per heavy atom. The number of nitrogens with two attached hydrogens (primary N) is 1. The lowest BCUT2D eigenvalue weighted by molar-refractivity contribution is -0.137. The number of nitrogens with zero attached hydrogens (tertiary/aromatic N) is 2. The molecule has 2 aromatic carbocycles. The van der Waals surface area contributed by atoms with Crippen LogP contribution in [-0.2, 0) is 12.6 Å². The highest BCUT2D eigenvalue weighted by Crippen LogP contribution is 2.34. The van der Waals surface area contributed by atoms with Gasteiger partial charge in [0.1, 0.15) is 11.3 Å². The van der Waals surface area contributed by atoms with E-state index < -0.39 is 11.7 Å². The summed E-state index contributed by atoms with van der Waals surface area (Å²) in [5.41, 5.74) is 8.91. The molecule has 0 radical (unpaired) electrons. The standard InChI is InChI=1S/C21H17F3N4OS/c1-29-16-8-2-12(3-9-16)10-15-11-17(25)19-18(26-15)20(28-30-19)27-14-6-4-13(5-7-14)21(22,23)24/h2-9,11H,10H2,1H3,(H2,25,26)(H,27,28). The predicted molar refractivity (Wildman–Crippen MR) is 112 cm³/mol. The van der Waals surface area contributed by atoms with Gasteiger partial charge in [0.15, 0.2) is 5.82 Å². The van der Waals surface area contributed by atoms with E-state index in [0.717, 1.165) is 33.8 Å². The van der Waals surface area contributed by atoms with Crippen molar-refractivity contribution in [2.75, 3.05) is 18.2 Å². The second-order valence-corrected chi connectivity index (χ2v) is 7.41. The predicted octanol–water partition coefficient (Wildman–Crippen LogP) is 5.64. The van der Waals surface area contributed by atoms with E-state index in [1.165, 1.54) is 23.7 Å². The molecule has 2 heterocycles. The van der Waals surface area contributed by atoms with Crippen molar-refractivity contribution in [1.82, 2.24) is 9.36 Å². The fourth-order valence-electron chi connectivity index (χ4n) is 3.00. The first-order valence-electron chi connectivity index (χ1n) is 8.95. The first kappa shape index (κ1) is 20.0. The van der Waals surface area contributed by atoms with Gasteiger partial charge in [0.25, 0.3) is 0 Å². The van der Waals surface area contributed by atoms with Gasteiger partial charge in [0.2, 0.25) is 0 Å². The third-order valence-electron chi connectivity index (χ3n) is 4.53. The van der Waals surface area contributed by atoms with Crippen LogP contribution in [-0.4, -0.2) is 16.5 Å². The second-order valence-electron chi connectivity index (χ2n) is 6.64. The molecule has 0 aliphatic carbocycles. The highest BCUT2D eigenvalue weighted by Gasteiger charge is 2.30. The van der Waals surface area contributed by atoms with Crippen LogP contribution < -0.4 is 15.8 Å². The molecule has 4 rings (SSSR count). The van der Waals surface area contributed by atoms with E-state index in [-0.39, 0.29) is 0 Å². The number of anilines is 3. The Morgan fingerprint density at radius 2 is 1.77 bits per heavy atom. The van der Waals surface area contributed by atoms with Gasteiger partial charge in [-0.15, -0.1) is 0 Å². The zero-order valence-electron chi connectivity index (χ0n) is 15.8. The topological polar surface area (TPSA) is 73.1 Å². The van der Waals surface area contributed by atoms with Gasteiger partial charge in [-0.05, 0) is 59.6 Å². The minimum Gasteiger partial charge on any atom is -0.497 e. The molecule has 3 N–H and O–H groups in total. The molecule has 0 fully saturated rings. The number of ether oxygens (including phenoxy) is 1. The lowest BCUT2D eigenvalue weighted by Crippen LogP contribution is -2.04. The van der Waals surface area contributed by atoms with Crippen molar-refractivity contribution in [3.63, 3.8) is 0 Å². The molecule has 4 aromatic rings. The quantitative estimate of drug-likeness (QED) is 0.429. The molecule has 0 saturated carbocycles. The number of fused-ring (bicyclic) bond motifs is 1. The van der Waals surface area contributed by atoms with E-state index >= 15 is 0 Å². The Labute approximate surface area is 174 Å². The Kier molecular flexibility index (Phi) is 5.21. The molecule has 2 aromatic heterocycles. The van der Waals surface area contributed by atoms with Gasteiger partial charge in [-0.3, -0.25) is 0 Å². The number of aromatic nitrogens is 2. The van der Waals surface area contributed by atoms with E-state index in [1.54, 1.807) is 7.11 Å². The normalized spacial score (nSPS) is 11.6. The van der Waals surface area contributed by atoms with Crippen molar-refractivity contribution in [3.8, 4) is 5.75 Å². The van der Waals surface area contributed by atoms with Gasteiger partial charge in [-0.1, -0.05) is 12.1 Å². The lowest BCUT2D eigenvalue weighted by atomic mass is 10.1. The second kappa shape index (κ2) is 7.83. The fourth-order valence-corrected chi connectivity index (χ4v) is 3.71. The van der Waals surface area contributed by atoms with E-state index in [0.29, 0.717) is 29.1 Å². The summed E-state index contributed by atoms with van der Waals surface area (Å²) >= 11 is 1.19. The van der Waals surface area contributed by atoms with Crippen LogP contribution in [0.3, 0.4) is 0 Å². The SMILES string of the molecule is COc1ccc(Cc2cc(N)c3snc(Nc4ccc(C(F)(F)F)cc4)c3n2)cc1. The van der Waals surface area contributed by atoms with Crippen molar-refractivity contribution in [2.24, 2.45) is 0 Å². The van der Waals surface area contributed by atoms with Gasteiger partial charge >= 0.3 is 6.18 Å². The van der Waals surface area contributed by atoms with Gasteiger partial charge in [0, 0.05) is 17.8 Å². The minimum absolute atomic E-state index is 0.457. The molecule has 0 saturated heterocycles. The summed E-state index contributed by atoms with van der Waals surface area (Å²) < 4.78 is 48.5. The molecule has 5 nitrogen and oxygen atoms in total. The molecular weight excluding hydrogens is 413 g/mol. The maximum absolute atomic E-state index is 12.8. The third kappa shape index (κ3) is 4.16. The third-order valence-corrected chi connectivity index (χ3v) is 5.41. The van der Waals surface area contributed by atoms with E-state index in [9.17, 15) is 13.2 Å². The van der Waals surface area contributed by atoms with Crippen LogP contribution in [0.4, 0.5) is 30.4 Å². The molecule has 0 aliphatic rings. The lowest BCUT2D eigenvalue weighted by Gasteiger charge is -2.09. The van der Waals surface area contributed by atoms with Crippen molar-refractivity contribution in [2.45, 2.75) is 12.6 Å². The summed E-state index contributed by atoms with van der Waals surface area (Å²) in [7, 11) is 1.61. The van der Waals surface area contributed by atoms with Gasteiger partial charge in [-0.2, -0.15) is 17.5 Å². The van der Waals surface area contributed by atoms with Crippen LogP contribution in [0.15, 0.2) is 54.6 Å². The highest BCUT2D eigenvalue weighted by atomic mass is 32.1. The Hall–Kier alpha value is -3.33. The zero-order valence-corrected chi connectivity index (χ0v) is 16.6. The Balaban J connectivity index is 1.61.